The van der Waals surface area contributed by atoms with Crippen LogP contribution in [0.1, 0.15) is 6.42 Å². The second kappa shape index (κ2) is 6.53. The molecule has 0 rings (SSSR count). The van der Waals surface area contributed by atoms with Crippen molar-refractivity contribution in [1.29, 1.82) is 0 Å². The average molecular weight is 136 g/mol. The normalized spacial score (nSPS) is 9.86. The minimum Gasteiger partial charge on any atom is -0.319 e. The van der Waals surface area contributed by atoms with Crippen LogP contribution >= 0.6 is 12.0 Å². The van der Waals surface area contributed by atoms with Gasteiger partial charge in [0.2, 0.25) is 0 Å². The second-order valence-electron chi connectivity index (χ2n) is 1.34. The second-order valence-corrected chi connectivity index (χ2v) is 3.32. The minimum absolute atomic E-state index is 1.17. The van der Waals surface area contributed by atoms with Gasteiger partial charge >= 0.3 is 0 Å². The van der Waals surface area contributed by atoms with E-state index in [2.05, 4.69) is 0 Å². The fourth-order valence-electron chi connectivity index (χ4n) is 0.287. The zero-order valence-electron chi connectivity index (χ0n) is 4.94. The summed E-state index contributed by atoms with van der Waals surface area (Å²) < 4.78 is 4.78. The van der Waals surface area contributed by atoms with Crippen LogP contribution in [-0.2, 0) is 4.18 Å². The van der Waals surface area contributed by atoms with Crippen LogP contribution in [0.2, 0.25) is 6.04 Å². The van der Waals surface area contributed by atoms with E-state index in [-0.39, 0.29) is 0 Å². The van der Waals surface area contributed by atoms with Crippen molar-refractivity contribution in [3.8, 4) is 0 Å². The van der Waals surface area contributed by atoms with Gasteiger partial charge in [-0.15, -0.1) is 0 Å². The number of hydrogen-bond acceptors (Lipinski definition) is 2. The predicted octanol–water partition coefficient (Wildman–Crippen LogP) is 0.455. The van der Waals surface area contributed by atoms with Crippen molar-refractivity contribution >= 4 is 22.3 Å². The third-order valence-electron chi connectivity index (χ3n) is 0.699. The lowest BCUT2D eigenvalue weighted by Gasteiger charge is -1.91. The van der Waals surface area contributed by atoms with Gasteiger partial charge in [-0.3, -0.25) is 0 Å². The summed E-state index contributed by atoms with van der Waals surface area (Å²) in [6, 6.07) is 1.40. The molecule has 0 fully saturated rings. The highest BCUT2D eigenvalue weighted by Crippen LogP contribution is 2.01. The fraction of sp³-hybridized carbons (Fsp3) is 1.00. The molecule has 0 aromatic rings. The van der Waals surface area contributed by atoms with E-state index in [1.807, 2.05) is 0 Å². The summed E-state index contributed by atoms with van der Waals surface area (Å²) in [6.45, 7) is 0. The van der Waals surface area contributed by atoms with Gasteiger partial charge in [0, 0.05) is 16.0 Å². The maximum absolute atomic E-state index is 4.78. The zero-order valence-corrected chi connectivity index (χ0v) is 7.75. The highest BCUT2D eigenvalue weighted by Gasteiger charge is 1.80. The van der Waals surface area contributed by atoms with E-state index < -0.39 is 0 Å². The molecule has 7 heavy (non-hydrogen) atoms. The molecular weight excluding hydrogens is 124 g/mol. The summed E-state index contributed by atoms with van der Waals surface area (Å²) >= 11 is 1.55. The number of hydrogen-bond donors (Lipinski definition) is 0. The molecule has 0 bridgehead atoms. The molecule has 0 aliphatic heterocycles. The Bertz CT molecular complexity index is 30.9. The lowest BCUT2D eigenvalue weighted by atomic mass is 10.6. The molecule has 0 heterocycles. The van der Waals surface area contributed by atoms with Gasteiger partial charge in [-0.25, -0.2) is 0 Å². The first-order valence-corrected chi connectivity index (χ1v) is 4.90. The molecule has 1 nitrogen and oxygen atoms in total. The van der Waals surface area contributed by atoms with E-state index in [0.29, 0.717) is 0 Å². The van der Waals surface area contributed by atoms with Crippen LogP contribution in [0.4, 0.5) is 0 Å². The first kappa shape index (κ1) is 7.53. The third-order valence-corrected chi connectivity index (χ3v) is 2.10. The molecule has 0 unspecified atom stereocenters. The molecule has 0 saturated heterocycles. The Morgan fingerprint density at radius 3 is 2.86 bits per heavy atom. The van der Waals surface area contributed by atoms with Gasteiger partial charge in [0.1, 0.15) is 0 Å². The van der Waals surface area contributed by atoms with Gasteiger partial charge < -0.3 is 4.18 Å². The largest absolute Gasteiger partial charge is 0.319 e. The molecule has 0 aliphatic rings. The van der Waals surface area contributed by atoms with Crippen LogP contribution in [0.5, 0.6) is 0 Å². The van der Waals surface area contributed by atoms with E-state index in [1.165, 1.54) is 28.5 Å². The van der Waals surface area contributed by atoms with Crippen LogP contribution < -0.4 is 0 Å². The van der Waals surface area contributed by atoms with Crippen molar-refractivity contribution < 1.29 is 4.18 Å². The van der Waals surface area contributed by atoms with Crippen LogP contribution in [-0.4, -0.2) is 23.1 Å². The molecule has 0 N–H and O–H groups in total. The van der Waals surface area contributed by atoms with Gasteiger partial charge in [0.05, 0.1) is 7.11 Å². The summed E-state index contributed by atoms with van der Waals surface area (Å²) in [4.78, 5) is 0. The lowest BCUT2D eigenvalue weighted by Crippen LogP contribution is -1.77. The summed E-state index contributed by atoms with van der Waals surface area (Å²) in [5.41, 5.74) is 0. The van der Waals surface area contributed by atoms with E-state index in [9.17, 15) is 0 Å². The van der Waals surface area contributed by atoms with E-state index in [4.69, 9.17) is 4.18 Å². The quantitative estimate of drug-likeness (QED) is 0.315. The van der Waals surface area contributed by atoms with Crippen LogP contribution in [0.3, 0.4) is 0 Å². The molecule has 0 radical (unpaired) electrons. The Kier molecular flexibility index (Phi) is 7.02. The standard InChI is InChI=1S/C4H12OSSi/c1-5-6-3-2-4-7/h2-4H2,1,7H3. The Balaban J connectivity index is 2.45. The van der Waals surface area contributed by atoms with Crippen LogP contribution in [0.15, 0.2) is 0 Å². The maximum Gasteiger partial charge on any atom is 0.0503 e. The third kappa shape index (κ3) is 6.53. The number of rotatable bonds is 4. The van der Waals surface area contributed by atoms with Crippen molar-refractivity contribution in [3.63, 3.8) is 0 Å². The molecule has 0 spiro atoms. The summed E-state index contributed by atoms with van der Waals surface area (Å²) in [5, 5.41) is 0. The summed E-state index contributed by atoms with van der Waals surface area (Å²) in [6.07, 6.45) is 1.32. The molecular formula is C4H12OSSi. The van der Waals surface area contributed by atoms with E-state index >= 15 is 0 Å². The fourth-order valence-corrected chi connectivity index (χ4v) is 1.73. The topological polar surface area (TPSA) is 9.23 Å². The first-order chi connectivity index (χ1) is 3.41. The van der Waals surface area contributed by atoms with Gasteiger partial charge in [0.15, 0.2) is 0 Å². The first-order valence-electron chi connectivity index (χ1n) is 2.57. The molecule has 0 saturated carbocycles. The Hall–Kier alpha value is 0.527. The molecule has 44 valence electrons. The van der Waals surface area contributed by atoms with Crippen molar-refractivity contribution in [3.05, 3.63) is 0 Å². The van der Waals surface area contributed by atoms with Crippen LogP contribution in [0, 0.1) is 0 Å². The molecule has 3 heteroatoms. The van der Waals surface area contributed by atoms with Crippen molar-refractivity contribution in [2.45, 2.75) is 12.5 Å². The molecule has 0 amide bonds. The predicted molar refractivity (Wildman–Crippen MR) is 38.8 cm³/mol. The van der Waals surface area contributed by atoms with Crippen LogP contribution in [0.25, 0.3) is 0 Å². The zero-order chi connectivity index (χ0) is 5.54. The average Bonchev–Trinajstić information content (AvgIpc) is 1.69. The summed E-state index contributed by atoms with van der Waals surface area (Å²) in [7, 11) is 3.06. The van der Waals surface area contributed by atoms with Crippen molar-refractivity contribution in [1.82, 2.24) is 0 Å². The Morgan fingerprint density at radius 2 is 2.43 bits per heavy atom. The Labute approximate surface area is 52.5 Å². The van der Waals surface area contributed by atoms with Crippen molar-refractivity contribution in [2.75, 3.05) is 12.9 Å². The van der Waals surface area contributed by atoms with Gasteiger partial charge in [-0.2, -0.15) is 0 Å². The van der Waals surface area contributed by atoms with Gasteiger partial charge in [-0.05, 0) is 18.5 Å². The monoisotopic (exact) mass is 136 g/mol. The maximum atomic E-state index is 4.78. The molecule has 0 aliphatic carbocycles. The van der Waals surface area contributed by atoms with Crippen molar-refractivity contribution in [2.24, 2.45) is 0 Å². The molecule has 0 aromatic heterocycles. The van der Waals surface area contributed by atoms with E-state index in [1.54, 1.807) is 19.2 Å². The molecule has 0 atom stereocenters. The minimum atomic E-state index is 1.17. The van der Waals surface area contributed by atoms with Gasteiger partial charge in [-0.1, -0.05) is 6.04 Å². The smallest absolute Gasteiger partial charge is 0.0503 e. The lowest BCUT2D eigenvalue weighted by molar-refractivity contribution is 0.489. The highest BCUT2D eigenvalue weighted by molar-refractivity contribution is 7.94. The molecule has 0 aromatic carbocycles. The SMILES string of the molecule is COSCCC[SiH3]. The highest BCUT2D eigenvalue weighted by atomic mass is 32.2. The van der Waals surface area contributed by atoms with Gasteiger partial charge in [0.25, 0.3) is 0 Å². The summed E-state index contributed by atoms with van der Waals surface area (Å²) in [5.74, 6) is 1.17. The Morgan fingerprint density at radius 1 is 1.71 bits per heavy atom. The van der Waals surface area contributed by atoms with E-state index in [0.717, 1.165) is 0 Å².